The van der Waals surface area contributed by atoms with Gasteiger partial charge in [-0.1, -0.05) is 11.6 Å². The van der Waals surface area contributed by atoms with Crippen LogP contribution >= 0.6 is 11.6 Å². The van der Waals surface area contributed by atoms with Gasteiger partial charge in [-0.3, -0.25) is 0 Å². The number of aromatic nitrogens is 1. The van der Waals surface area contributed by atoms with Crippen LogP contribution in [0.15, 0.2) is 6.20 Å². The molecule has 92 valence electrons. The minimum atomic E-state index is 0.765. The molecule has 0 aromatic carbocycles. The molecule has 4 aliphatic carbocycles. The van der Waals surface area contributed by atoms with Gasteiger partial charge in [-0.15, -0.1) is 0 Å². The molecular weight excluding hydrogens is 230 g/mol. The predicted octanol–water partition coefficient (Wildman–Crippen LogP) is 4.52. The van der Waals surface area contributed by atoms with Crippen LogP contribution in [0, 0.1) is 30.6 Å². The van der Waals surface area contributed by atoms with Crippen molar-refractivity contribution in [2.24, 2.45) is 23.7 Å². The van der Waals surface area contributed by atoms with E-state index in [4.69, 9.17) is 11.6 Å². The molecule has 1 aromatic rings. The number of aromatic amines is 1. The topological polar surface area (TPSA) is 15.8 Å². The molecule has 0 saturated heterocycles. The van der Waals surface area contributed by atoms with Gasteiger partial charge in [0.25, 0.3) is 0 Å². The Balaban J connectivity index is 1.75. The summed E-state index contributed by atoms with van der Waals surface area (Å²) in [4.78, 5) is 3.31. The fourth-order valence-corrected chi connectivity index (χ4v) is 5.63. The van der Waals surface area contributed by atoms with E-state index in [1.54, 1.807) is 0 Å². The summed E-state index contributed by atoms with van der Waals surface area (Å²) in [6, 6.07) is 0. The lowest BCUT2D eigenvalue weighted by Crippen LogP contribution is -2.43. The highest BCUT2D eigenvalue weighted by Crippen LogP contribution is 2.60. The van der Waals surface area contributed by atoms with E-state index in [9.17, 15) is 0 Å². The highest BCUT2D eigenvalue weighted by atomic mass is 35.5. The van der Waals surface area contributed by atoms with E-state index in [0.717, 1.165) is 34.6 Å². The molecule has 1 N–H and O–H groups in total. The summed E-state index contributed by atoms with van der Waals surface area (Å²) in [6.45, 7) is 2.19. The number of hydrogen-bond acceptors (Lipinski definition) is 0. The van der Waals surface area contributed by atoms with Crippen LogP contribution in [0.25, 0.3) is 0 Å². The predicted molar refractivity (Wildman–Crippen MR) is 70.3 cm³/mol. The van der Waals surface area contributed by atoms with E-state index in [1.807, 2.05) is 6.20 Å². The molecule has 0 radical (unpaired) electrons. The molecule has 1 aromatic heterocycles. The van der Waals surface area contributed by atoms with Crippen molar-refractivity contribution in [3.8, 4) is 0 Å². The summed E-state index contributed by atoms with van der Waals surface area (Å²) >= 11 is 6.41. The molecule has 0 spiro atoms. The van der Waals surface area contributed by atoms with Gasteiger partial charge in [-0.05, 0) is 74.2 Å². The van der Waals surface area contributed by atoms with Gasteiger partial charge in [-0.2, -0.15) is 0 Å². The molecule has 4 saturated carbocycles. The Hall–Kier alpha value is -0.430. The van der Waals surface area contributed by atoms with E-state index in [2.05, 4.69) is 11.9 Å². The summed E-state index contributed by atoms with van der Waals surface area (Å²) in [6.07, 6.45) is 9.39. The van der Waals surface area contributed by atoms with E-state index < -0.39 is 0 Å². The molecule has 0 amide bonds. The van der Waals surface area contributed by atoms with Crippen molar-refractivity contribution < 1.29 is 0 Å². The standard InChI is InChI=1S/C15H20ClN/c1-8-14(13(16)7-17-8)15-11-3-9-2-10(5-11)6-12(15)4-9/h7,9-12,15,17H,2-6H2,1H3. The summed E-state index contributed by atoms with van der Waals surface area (Å²) in [5.41, 5.74) is 2.77. The molecule has 4 fully saturated rings. The normalized spacial score (nSPS) is 43.3. The van der Waals surface area contributed by atoms with Crippen LogP contribution < -0.4 is 0 Å². The summed E-state index contributed by atoms with van der Waals surface area (Å²) in [5, 5.41) is 0.986. The Morgan fingerprint density at radius 2 is 1.65 bits per heavy atom. The summed E-state index contributed by atoms with van der Waals surface area (Å²) < 4.78 is 0. The van der Waals surface area contributed by atoms with Crippen LogP contribution in [-0.2, 0) is 0 Å². The minimum Gasteiger partial charge on any atom is -0.364 e. The lowest BCUT2D eigenvalue weighted by molar-refractivity contribution is -0.00291. The van der Waals surface area contributed by atoms with E-state index in [0.29, 0.717) is 0 Å². The second-order valence-corrected chi connectivity index (χ2v) is 7.04. The van der Waals surface area contributed by atoms with Gasteiger partial charge in [0.15, 0.2) is 0 Å². The number of aryl methyl sites for hydroxylation is 1. The highest BCUT2D eigenvalue weighted by Gasteiger charge is 2.49. The van der Waals surface area contributed by atoms with Crippen molar-refractivity contribution in [3.05, 3.63) is 22.5 Å². The molecule has 0 aliphatic heterocycles. The van der Waals surface area contributed by atoms with Gasteiger partial charge in [-0.25, -0.2) is 0 Å². The van der Waals surface area contributed by atoms with Crippen LogP contribution in [-0.4, -0.2) is 4.98 Å². The first-order valence-corrected chi connectivity index (χ1v) is 7.43. The second-order valence-electron chi connectivity index (χ2n) is 6.63. The lowest BCUT2D eigenvalue weighted by atomic mass is 9.50. The van der Waals surface area contributed by atoms with E-state index in [1.165, 1.54) is 43.4 Å². The zero-order chi connectivity index (χ0) is 11.6. The number of hydrogen-bond donors (Lipinski definition) is 1. The van der Waals surface area contributed by atoms with Gasteiger partial charge in [0, 0.05) is 11.9 Å². The molecule has 4 aliphatic rings. The van der Waals surface area contributed by atoms with Crippen molar-refractivity contribution in [1.82, 2.24) is 4.98 Å². The Labute approximate surface area is 108 Å². The van der Waals surface area contributed by atoms with Crippen molar-refractivity contribution in [3.63, 3.8) is 0 Å². The molecule has 4 bridgehead atoms. The third-order valence-electron chi connectivity index (χ3n) is 5.64. The first kappa shape index (κ1) is 10.5. The zero-order valence-electron chi connectivity index (χ0n) is 10.4. The number of halogens is 1. The maximum atomic E-state index is 6.41. The Morgan fingerprint density at radius 3 is 2.12 bits per heavy atom. The van der Waals surface area contributed by atoms with Gasteiger partial charge in [0.1, 0.15) is 0 Å². The Bertz CT molecular complexity index is 400. The third kappa shape index (κ3) is 1.44. The fourth-order valence-electron chi connectivity index (χ4n) is 5.31. The first-order chi connectivity index (χ1) is 8.22. The second kappa shape index (κ2) is 3.54. The summed E-state index contributed by atoms with van der Waals surface area (Å²) in [5.74, 6) is 4.72. The molecular formula is C15H20ClN. The molecule has 0 unspecified atom stereocenters. The largest absolute Gasteiger partial charge is 0.364 e. The average molecular weight is 250 g/mol. The molecule has 1 nitrogen and oxygen atoms in total. The molecule has 1 heterocycles. The molecule has 5 rings (SSSR count). The van der Waals surface area contributed by atoms with Crippen molar-refractivity contribution in [2.45, 2.75) is 44.9 Å². The fraction of sp³-hybridized carbons (Fsp3) is 0.733. The first-order valence-electron chi connectivity index (χ1n) is 7.05. The molecule has 0 atom stereocenters. The smallest absolute Gasteiger partial charge is 0.0618 e. The minimum absolute atomic E-state index is 0.765. The van der Waals surface area contributed by atoms with Crippen LogP contribution in [0.3, 0.4) is 0 Å². The van der Waals surface area contributed by atoms with Crippen LogP contribution in [0.5, 0.6) is 0 Å². The highest BCUT2D eigenvalue weighted by molar-refractivity contribution is 6.31. The van der Waals surface area contributed by atoms with Crippen LogP contribution in [0.4, 0.5) is 0 Å². The van der Waals surface area contributed by atoms with Crippen LogP contribution in [0.1, 0.15) is 49.3 Å². The van der Waals surface area contributed by atoms with Gasteiger partial charge in [0.2, 0.25) is 0 Å². The van der Waals surface area contributed by atoms with Gasteiger partial charge < -0.3 is 4.98 Å². The van der Waals surface area contributed by atoms with Gasteiger partial charge in [0.05, 0.1) is 5.02 Å². The number of H-pyrrole nitrogens is 1. The van der Waals surface area contributed by atoms with Crippen molar-refractivity contribution in [1.29, 1.82) is 0 Å². The van der Waals surface area contributed by atoms with E-state index in [-0.39, 0.29) is 0 Å². The molecule has 17 heavy (non-hydrogen) atoms. The van der Waals surface area contributed by atoms with Crippen LogP contribution in [0.2, 0.25) is 5.02 Å². The Kier molecular flexibility index (Phi) is 2.18. The summed E-state index contributed by atoms with van der Waals surface area (Å²) in [7, 11) is 0. The molecule has 2 heteroatoms. The lowest BCUT2D eigenvalue weighted by Gasteiger charge is -2.54. The average Bonchev–Trinajstić information content (AvgIpc) is 2.59. The Morgan fingerprint density at radius 1 is 1.06 bits per heavy atom. The third-order valence-corrected chi connectivity index (χ3v) is 5.95. The monoisotopic (exact) mass is 249 g/mol. The number of rotatable bonds is 1. The zero-order valence-corrected chi connectivity index (χ0v) is 11.1. The van der Waals surface area contributed by atoms with Gasteiger partial charge >= 0.3 is 0 Å². The maximum Gasteiger partial charge on any atom is 0.0618 e. The van der Waals surface area contributed by atoms with Crippen molar-refractivity contribution >= 4 is 11.6 Å². The quantitative estimate of drug-likeness (QED) is 0.754. The van der Waals surface area contributed by atoms with Crippen molar-refractivity contribution in [2.75, 3.05) is 0 Å². The van der Waals surface area contributed by atoms with E-state index >= 15 is 0 Å². The maximum absolute atomic E-state index is 6.41. The number of nitrogens with one attached hydrogen (secondary N) is 1. The SMILES string of the molecule is Cc1[nH]cc(Cl)c1C1C2CC3CC(C2)CC1C3.